The molecule has 2 heterocycles. The van der Waals surface area contributed by atoms with Crippen molar-refractivity contribution in [1.29, 1.82) is 0 Å². The maximum Gasteiger partial charge on any atom is 0.317 e. The average molecular weight is 428 g/mol. The fourth-order valence-electron chi connectivity index (χ4n) is 4.28. The molecule has 0 saturated carbocycles. The summed E-state index contributed by atoms with van der Waals surface area (Å²) in [4.78, 5) is 13.0. The van der Waals surface area contributed by atoms with Gasteiger partial charge in [-0.25, -0.2) is 0 Å². The second kappa shape index (κ2) is 8.44. The van der Waals surface area contributed by atoms with E-state index >= 15 is 0 Å². The van der Waals surface area contributed by atoms with Crippen molar-refractivity contribution in [2.75, 3.05) is 19.6 Å². The van der Waals surface area contributed by atoms with Crippen LogP contribution in [0.3, 0.4) is 0 Å². The molecule has 5 heteroatoms. The third-order valence-electron chi connectivity index (χ3n) is 6.02. The number of para-hydroxylation sites is 1. The molecule has 2 aromatic rings. The minimum Gasteiger partial charge on any atom is -0.482 e. The van der Waals surface area contributed by atoms with Crippen molar-refractivity contribution < 1.29 is 14.6 Å². The summed E-state index contributed by atoms with van der Waals surface area (Å²) >= 11 is 0. The van der Waals surface area contributed by atoms with E-state index in [4.69, 9.17) is 9.84 Å². The number of benzene rings is 2. The van der Waals surface area contributed by atoms with Gasteiger partial charge in [0.15, 0.2) is 0 Å². The number of aliphatic carboxylic acids is 1. The number of hydrogen-bond acceptors (Lipinski definition) is 3. The van der Waals surface area contributed by atoms with Gasteiger partial charge in [0.2, 0.25) is 0 Å². The van der Waals surface area contributed by atoms with E-state index in [2.05, 4.69) is 57.2 Å². The van der Waals surface area contributed by atoms with Gasteiger partial charge in [0, 0.05) is 31.5 Å². The van der Waals surface area contributed by atoms with Gasteiger partial charge in [-0.2, -0.15) is 0 Å². The Morgan fingerprint density at radius 1 is 1.07 bits per heavy atom. The Hall–Kier alpha value is -2.30. The molecule has 4 nitrogen and oxygen atoms in total. The van der Waals surface area contributed by atoms with Crippen molar-refractivity contribution in [2.45, 2.75) is 44.6 Å². The molecule has 2 aliphatic rings. The molecule has 0 unspecified atom stereocenters. The summed E-state index contributed by atoms with van der Waals surface area (Å²) in [6.45, 7) is 8.22. The molecule has 30 heavy (non-hydrogen) atoms. The van der Waals surface area contributed by atoms with Crippen LogP contribution in [-0.2, 0) is 10.2 Å². The van der Waals surface area contributed by atoms with E-state index < -0.39 is 5.97 Å². The minimum atomic E-state index is -0.772. The van der Waals surface area contributed by atoms with Gasteiger partial charge >= 0.3 is 5.97 Å². The number of ether oxygens (including phenoxy) is 1. The van der Waals surface area contributed by atoms with Crippen LogP contribution in [0.1, 0.15) is 50.3 Å². The lowest BCUT2D eigenvalue weighted by Gasteiger charge is -2.42. The number of fused-ring (bicyclic) bond motifs is 1. The normalized spacial score (nSPS) is 18.0. The molecular formula is C25H30ClNO3. The molecule has 0 aromatic heterocycles. The second-order valence-corrected chi connectivity index (χ2v) is 9.22. The highest BCUT2D eigenvalue weighted by atomic mass is 35.5. The average Bonchev–Trinajstić information content (AvgIpc) is 2.68. The third-order valence-corrected chi connectivity index (χ3v) is 6.02. The van der Waals surface area contributed by atoms with Crippen LogP contribution in [0.25, 0.3) is 5.57 Å². The van der Waals surface area contributed by atoms with E-state index in [-0.39, 0.29) is 30.0 Å². The van der Waals surface area contributed by atoms with Gasteiger partial charge in [-0.05, 0) is 34.3 Å². The molecule has 2 aliphatic heterocycles. The van der Waals surface area contributed by atoms with Crippen molar-refractivity contribution in [2.24, 2.45) is 0 Å². The number of piperidine rings is 1. The van der Waals surface area contributed by atoms with E-state index in [0.29, 0.717) is 0 Å². The van der Waals surface area contributed by atoms with Crippen molar-refractivity contribution in [3.63, 3.8) is 0 Å². The lowest BCUT2D eigenvalue weighted by Crippen LogP contribution is -2.49. The number of carbonyl (C=O) groups is 1. The first-order valence-electron chi connectivity index (χ1n) is 10.3. The van der Waals surface area contributed by atoms with E-state index in [9.17, 15) is 4.79 Å². The number of nitrogens with zero attached hydrogens (tertiary/aromatic N) is 1. The molecule has 1 saturated heterocycles. The Labute approximate surface area is 185 Å². The first-order chi connectivity index (χ1) is 13.8. The number of carboxylic acid groups (broad SMARTS) is 1. The van der Waals surface area contributed by atoms with Gasteiger partial charge in [-0.15, -0.1) is 12.4 Å². The van der Waals surface area contributed by atoms with Crippen LogP contribution in [0.5, 0.6) is 5.75 Å². The molecule has 0 amide bonds. The van der Waals surface area contributed by atoms with Crippen molar-refractivity contribution in [3.8, 4) is 5.75 Å². The summed E-state index contributed by atoms with van der Waals surface area (Å²) in [6.07, 6.45) is 3.86. The number of hydrogen-bond donors (Lipinski definition) is 1. The summed E-state index contributed by atoms with van der Waals surface area (Å²) in [5.41, 5.74) is 4.59. The van der Waals surface area contributed by atoms with Crippen LogP contribution >= 0.6 is 12.4 Å². The van der Waals surface area contributed by atoms with Crippen LogP contribution < -0.4 is 4.74 Å². The predicted octanol–water partition coefficient (Wildman–Crippen LogP) is 5.15. The van der Waals surface area contributed by atoms with Crippen molar-refractivity contribution in [1.82, 2.24) is 4.90 Å². The molecule has 2 aromatic carbocycles. The highest BCUT2D eigenvalue weighted by Crippen LogP contribution is 2.43. The molecular weight excluding hydrogens is 398 g/mol. The van der Waals surface area contributed by atoms with Gasteiger partial charge in [0.25, 0.3) is 0 Å². The highest BCUT2D eigenvalue weighted by Gasteiger charge is 2.39. The lowest BCUT2D eigenvalue weighted by atomic mass is 9.81. The van der Waals surface area contributed by atoms with Crippen LogP contribution in [0.15, 0.2) is 54.6 Å². The number of likely N-dealkylation sites (tertiary alicyclic amines) is 1. The molecule has 4 rings (SSSR count). The summed E-state index contributed by atoms with van der Waals surface area (Å²) in [6, 6.07) is 17.1. The van der Waals surface area contributed by atoms with E-state index in [0.717, 1.165) is 37.2 Å². The molecule has 0 aliphatic carbocycles. The number of halogens is 1. The maximum absolute atomic E-state index is 11.0. The fraction of sp³-hybridized carbons (Fsp3) is 0.400. The van der Waals surface area contributed by atoms with Crippen LogP contribution in [0, 0.1) is 0 Å². The Morgan fingerprint density at radius 3 is 2.30 bits per heavy atom. The van der Waals surface area contributed by atoms with Crippen molar-refractivity contribution in [3.05, 3.63) is 71.3 Å². The Kier molecular flexibility index (Phi) is 6.30. The van der Waals surface area contributed by atoms with Gasteiger partial charge in [0.1, 0.15) is 11.4 Å². The Balaban J connectivity index is 0.00000256. The van der Waals surface area contributed by atoms with Gasteiger partial charge < -0.3 is 9.84 Å². The summed E-state index contributed by atoms with van der Waals surface area (Å²) in [5.74, 6) is 0.141. The highest BCUT2D eigenvalue weighted by molar-refractivity contribution is 5.85. The molecule has 0 atom stereocenters. The van der Waals surface area contributed by atoms with E-state index in [1.807, 2.05) is 23.1 Å². The summed E-state index contributed by atoms with van der Waals surface area (Å²) in [5, 5.41) is 9.08. The molecule has 0 radical (unpaired) electrons. The first-order valence-corrected chi connectivity index (χ1v) is 10.3. The first kappa shape index (κ1) is 22.4. The van der Waals surface area contributed by atoms with E-state index in [1.54, 1.807) is 0 Å². The lowest BCUT2D eigenvalue weighted by molar-refractivity contribution is -0.139. The summed E-state index contributed by atoms with van der Waals surface area (Å²) < 4.78 is 6.49. The third kappa shape index (κ3) is 4.55. The Morgan fingerprint density at radius 2 is 1.70 bits per heavy atom. The molecule has 1 fully saturated rings. The smallest absolute Gasteiger partial charge is 0.317 e. The maximum atomic E-state index is 11.0. The van der Waals surface area contributed by atoms with Crippen LogP contribution in [-0.4, -0.2) is 41.2 Å². The molecule has 1 N–H and O–H groups in total. The largest absolute Gasteiger partial charge is 0.482 e. The van der Waals surface area contributed by atoms with E-state index in [1.165, 1.54) is 16.7 Å². The van der Waals surface area contributed by atoms with Crippen molar-refractivity contribution >= 4 is 23.9 Å². The zero-order valence-corrected chi connectivity index (χ0v) is 18.7. The van der Waals surface area contributed by atoms with Gasteiger partial charge in [-0.1, -0.05) is 63.2 Å². The van der Waals surface area contributed by atoms with Crippen LogP contribution in [0.4, 0.5) is 0 Å². The van der Waals surface area contributed by atoms with Gasteiger partial charge in [0.05, 0.1) is 6.54 Å². The topological polar surface area (TPSA) is 49.8 Å². The summed E-state index contributed by atoms with van der Waals surface area (Å²) in [7, 11) is 0. The Bertz CT molecular complexity index is 936. The standard InChI is InChI=1S/C25H29NO3.ClH/c1-24(2,3)19-10-8-18(9-11-19)21-16-25(29-22-7-5-4-6-20(21)22)12-14-26(15-13-25)17-23(27)28;/h4-11,16H,12-15,17H2,1-3H3,(H,27,28);1H. The number of carboxylic acids is 1. The fourth-order valence-corrected chi connectivity index (χ4v) is 4.28. The van der Waals surface area contributed by atoms with Crippen LogP contribution in [0.2, 0.25) is 0 Å². The quantitative estimate of drug-likeness (QED) is 0.735. The SMILES string of the molecule is CC(C)(C)c1ccc(C2=CC3(CCN(CC(=O)O)CC3)Oc3ccccc32)cc1.Cl. The molecule has 0 bridgehead atoms. The number of rotatable bonds is 3. The zero-order chi connectivity index (χ0) is 20.6. The monoisotopic (exact) mass is 427 g/mol. The van der Waals surface area contributed by atoms with Gasteiger partial charge in [-0.3, -0.25) is 9.69 Å². The molecule has 1 spiro atoms. The second-order valence-electron chi connectivity index (χ2n) is 9.22. The molecule has 160 valence electrons. The zero-order valence-electron chi connectivity index (χ0n) is 17.9. The predicted molar refractivity (Wildman–Crippen MR) is 123 cm³/mol. The minimum absolute atomic E-state index is 0.